The number of benzene rings is 2. The van der Waals surface area contributed by atoms with Gasteiger partial charge in [0.25, 0.3) is 11.8 Å². The Morgan fingerprint density at radius 2 is 1.79 bits per heavy atom. The molecular weight excluding hydrogens is 388 g/mol. The molecule has 0 aliphatic carbocycles. The summed E-state index contributed by atoms with van der Waals surface area (Å²) in [5.41, 5.74) is 1.84. The van der Waals surface area contributed by atoms with Gasteiger partial charge in [-0.1, -0.05) is 17.7 Å². The lowest BCUT2D eigenvalue weighted by atomic mass is 10.2. The van der Waals surface area contributed by atoms with Crippen LogP contribution in [-0.2, 0) is 4.79 Å². The lowest BCUT2D eigenvalue weighted by Crippen LogP contribution is -2.30. The number of rotatable bonds is 9. The van der Waals surface area contributed by atoms with Crippen LogP contribution in [0.2, 0.25) is 0 Å². The van der Waals surface area contributed by atoms with E-state index in [9.17, 15) is 9.59 Å². The van der Waals surface area contributed by atoms with E-state index in [4.69, 9.17) is 9.15 Å². The van der Waals surface area contributed by atoms with E-state index in [1.54, 1.807) is 48.2 Å². The smallest absolute Gasteiger partial charge is 0.291 e. The van der Waals surface area contributed by atoms with E-state index in [0.29, 0.717) is 18.0 Å². The highest BCUT2D eigenvalue weighted by Crippen LogP contribution is 2.18. The van der Waals surface area contributed by atoms with Crippen molar-refractivity contribution in [1.82, 2.24) is 5.32 Å². The van der Waals surface area contributed by atoms with E-state index in [1.807, 2.05) is 0 Å². The fraction of sp³-hybridized carbons (Fsp3) is 0.182. The molecule has 2 N–H and O–H groups in total. The van der Waals surface area contributed by atoms with Gasteiger partial charge < -0.3 is 19.8 Å². The maximum atomic E-state index is 11.9. The van der Waals surface area contributed by atoms with E-state index in [0.717, 1.165) is 5.75 Å². The molecule has 1 heterocycles. The van der Waals surface area contributed by atoms with Crippen molar-refractivity contribution < 1.29 is 18.7 Å². The molecule has 7 heteroatoms. The first-order valence-corrected chi connectivity index (χ1v) is 10.1. The fourth-order valence-electron chi connectivity index (χ4n) is 2.43. The highest BCUT2D eigenvalue weighted by Gasteiger charge is 2.09. The van der Waals surface area contributed by atoms with Gasteiger partial charge in [0.05, 0.1) is 6.26 Å². The highest BCUT2D eigenvalue weighted by atomic mass is 32.2. The Balaban J connectivity index is 1.34. The lowest BCUT2D eigenvalue weighted by Gasteiger charge is -2.09. The van der Waals surface area contributed by atoms with Gasteiger partial charge in [-0.3, -0.25) is 9.59 Å². The van der Waals surface area contributed by atoms with Crippen molar-refractivity contribution in [1.29, 1.82) is 0 Å². The molecule has 0 bridgehead atoms. The van der Waals surface area contributed by atoms with Crippen molar-refractivity contribution in [3.8, 4) is 5.75 Å². The number of aryl methyl sites for hydroxylation is 1. The van der Waals surface area contributed by atoms with Crippen LogP contribution >= 0.6 is 11.8 Å². The molecule has 3 aromatic rings. The third-order valence-corrected chi connectivity index (χ3v) is 4.95. The van der Waals surface area contributed by atoms with Crippen LogP contribution in [0.3, 0.4) is 0 Å². The number of anilines is 1. The Labute approximate surface area is 173 Å². The van der Waals surface area contributed by atoms with Gasteiger partial charge in [0, 0.05) is 22.9 Å². The van der Waals surface area contributed by atoms with Crippen LogP contribution in [0, 0.1) is 6.92 Å². The van der Waals surface area contributed by atoms with Crippen LogP contribution in [0.5, 0.6) is 5.75 Å². The molecule has 0 spiro atoms. The molecule has 0 saturated carbocycles. The molecule has 150 valence electrons. The number of nitrogens with one attached hydrogen (secondary N) is 2. The summed E-state index contributed by atoms with van der Waals surface area (Å²) in [7, 11) is 0. The highest BCUT2D eigenvalue weighted by molar-refractivity contribution is 7.99. The van der Waals surface area contributed by atoms with Crippen LogP contribution in [0.4, 0.5) is 5.69 Å². The zero-order valence-electron chi connectivity index (χ0n) is 16.0. The Kier molecular flexibility index (Phi) is 7.35. The number of carbonyl (C=O) groups excluding carboxylic acids is 2. The lowest BCUT2D eigenvalue weighted by molar-refractivity contribution is -0.122. The van der Waals surface area contributed by atoms with Crippen molar-refractivity contribution in [2.24, 2.45) is 0 Å². The van der Waals surface area contributed by atoms with Gasteiger partial charge in [-0.2, -0.15) is 0 Å². The number of hydrogen-bond acceptors (Lipinski definition) is 5. The number of furan rings is 1. The zero-order valence-corrected chi connectivity index (χ0v) is 16.8. The summed E-state index contributed by atoms with van der Waals surface area (Å²) in [5.74, 6) is 1.07. The number of hydrogen-bond donors (Lipinski definition) is 2. The van der Waals surface area contributed by atoms with E-state index < -0.39 is 0 Å². The second kappa shape index (κ2) is 10.4. The van der Waals surface area contributed by atoms with Crippen LogP contribution in [0.15, 0.2) is 76.2 Å². The van der Waals surface area contributed by atoms with Crippen molar-refractivity contribution in [2.75, 3.05) is 24.2 Å². The second-order valence-corrected chi connectivity index (χ2v) is 7.42. The monoisotopic (exact) mass is 410 g/mol. The molecule has 0 aliphatic rings. The van der Waals surface area contributed by atoms with Crippen LogP contribution < -0.4 is 15.4 Å². The molecular formula is C22H22N2O4S. The molecule has 0 fully saturated rings. The van der Waals surface area contributed by atoms with Crippen LogP contribution in [0.25, 0.3) is 0 Å². The SMILES string of the molecule is Cc1ccc(SCCNC(=O)COc2ccc(NC(=O)c3ccco3)cc2)cc1. The number of carbonyl (C=O) groups is 2. The molecule has 0 aliphatic heterocycles. The average molecular weight is 410 g/mol. The predicted molar refractivity (Wildman–Crippen MR) is 114 cm³/mol. The fourth-order valence-corrected chi connectivity index (χ4v) is 3.20. The number of amides is 2. The molecule has 0 unspecified atom stereocenters. The molecule has 2 aromatic carbocycles. The summed E-state index contributed by atoms with van der Waals surface area (Å²) in [4.78, 5) is 25.0. The van der Waals surface area contributed by atoms with Crippen LogP contribution in [-0.4, -0.2) is 30.7 Å². The second-order valence-electron chi connectivity index (χ2n) is 6.26. The first kappa shape index (κ1) is 20.5. The summed E-state index contributed by atoms with van der Waals surface area (Å²) in [6, 6.07) is 18.3. The normalized spacial score (nSPS) is 10.4. The molecule has 6 nitrogen and oxygen atoms in total. The largest absolute Gasteiger partial charge is 0.484 e. The molecule has 1 aromatic heterocycles. The standard InChI is InChI=1S/C22H22N2O4S/c1-16-4-10-19(11-5-16)29-14-12-23-21(25)15-28-18-8-6-17(7-9-18)24-22(26)20-3-2-13-27-20/h2-11,13H,12,14-15H2,1H3,(H,23,25)(H,24,26). The van der Waals surface area contributed by atoms with E-state index in [1.165, 1.54) is 16.7 Å². The number of thioether (sulfide) groups is 1. The minimum absolute atomic E-state index is 0.0622. The van der Waals surface area contributed by atoms with Crippen molar-refractivity contribution in [3.05, 3.63) is 78.3 Å². The average Bonchev–Trinajstić information content (AvgIpc) is 3.27. The van der Waals surface area contributed by atoms with Gasteiger partial charge in [-0.05, 0) is 55.5 Å². The van der Waals surface area contributed by atoms with E-state index >= 15 is 0 Å². The topological polar surface area (TPSA) is 80.6 Å². The first-order valence-electron chi connectivity index (χ1n) is 9.14. The first-order chi connectivity index (χ1) is 14.1. The molecule has 2 amide bonds. The maximum absolute atomic E-state index is 11.9. The molecule has 29 heavy (non-hydrogen) atoms. The van der Waals surface area contributed by atoms with Crippen molar-refractivity contribution >= 4 is 29.3 Å². The summed E-state index contributed by atoms with van der Waals surface area (Å²) in [6.45, 7) is 2.56. The minimum Gasteiger partial charge on any atom is -0.484 e. The van der Waals surface area contributed by atoms with Gasteiger partial charge in [0.15, 0.2) is 12.4 Å². The third-order valence-electron chi connectivity index (χ3n) is 3.94. The third kappa shape index (κ3) is 6.73. The molecule has 0 saturated heterocycles. The van der Waals surface area contributed by atoms with Gasteiger partial charge in [-0.25, -0.2) is 0 Å². The molecule has 0 radical (unpaired) electrons. The predicted octanol–water partition coefficient (Wildman–Crippen LogP) is 4.13. The van der Waals surface area contributed by atoms with Crippen molar-refractivity contribution in [3.63, 3.8) is 0 Å². The van der Waals surface area contributed by atoms with Gasteiger partial charge in [-0.15, -0.1) is 11.8 Å². The Bertz CT molecular complexity index is 922. The zero-order chi connectivity index (χ0) is 20.5. The molecule has 0 atom stereocenters. The quantitative estimate of drug-likeness (QED) is 0.410. The number of ether oxygens (including phenoxy) is 1. The van der Waals surface area contributed by atoms with E-state index in [-0.39, 0.29) is 24.2 Å². The summed E-state index contributed by atoms with van der Waals surface area (Å²) < 4.78 is 10.5. The van der Waals surface area contributed by atoms with Crippen molar-refractivity contribution in [2.45, 2.75) is 11.8 Å². The van der Waals surface area contributed by atoms with E-state index in [2.05, 4.69) is 41.8 Å². The van der Waals surface area contributed by atoms with Gasteiger partial charge in [0.1, 0.15) is 5.75 Å². The maximum Gasteiger partial charge on any atom is 0.291 e. The Morgan fingerprint density at radius 1 is 1.03 bits per heavy atom. The van der Waals surface area contributed by atoms with Gasteiger partial charge >= 0.3 is 0 Å². The molecule has 3 rings (SSSR count). The summed E-state index contributed by atoms with van der Waals surface area (Å²) in [5, 5.41) is 5.55. The van der Waals surface area contributed by atoms with Gasteiger partial charge in [0.2, 0.25) is 0 Å². The summed E-state index contributed by atoms with van der Waals surface area (Å²) >= 11 is 1.69. The Morgan fingerprint density at radius 3 is 2.48 bits per heavy atom. The Hall–Kier alpha value is -3.19. The van der Waals surface area contributed by atoms with Crippen LogP contribution in [0.1, 0.15) is 16.1 Å². The summed E-state index contributed by atoms with van der Waals surface area (Å²) in [6.07, 6.45) is 1.44. The minimum atomic E-state index is -0.327.